The fourth-order valence-electron chi connectivity index (χ4n) is 1.92. The van der Waals surface area contributed by atoms with E-state index in [1.807, 2.05) is 17.8 Å². The van der Waals surface area contributed by atoms with Crippen LogP contribution in [0.25, 0.3) is 0 Å². The Hall–Kier alpha value is -0.870. The van der Waals surface area contributed by atoms with Gasteiger partial charge in [-0.15, -0.1) is 11.8 Å². The number of benzene rings is 1. The van der Waals surface area contributed by atoms with Crippen molar-refractivity contribution in [3.8, 4) is 0 Å². The van der Waals surface area contributed by atoms with Gasteiger partial charge in [0.2, 0.25) is 0 Å². The van der Waals surface area contributed by atoms with E-state index in [4.69, 9.17) is 10.5 Å². The Kier molecular flexibility index (Phi) is 3.96. The van der Waals surface area contributed by atoms with Crippen molar-refractivity contribution in [1.82, 2.24) is 0 Å². The molecule has 3 nitrogen and oxygen atoms in total. The van der Waals surface area contributed by atoms with Crippen molar-refractivity contribution in [3.05, 3.63) is 18.2 Å². The zero-order valence-electron chi connectivity index (χ0n) is 9.61. The molecule has 0 fully saturated rings. The summed E-state index contributed by atoms with van der Waals surface area (Å²) < 4.78 is 5.09. The van der Waals surface area contributed by atoms with Crippen LogP contribution in [-0.2, 0) is 4.74 Å². The number of anilines is 2. The van der Waals surface area contributed by atoms with E-state index in [0.717, 1.165) is 37.6 Å². The number of methoxy groups -OCH3 is 1. The molecular weight excluding hydrogens is 220 g/mol. The van der Waals surface area contributed by atoms with E-state index >= 15 is 0 Å². The van der Waals surface area contributed by atoms with Crippen LogP contribution in [0.2, 0.25) is 0 Å². The SMILES string of the molecule is COCCCN1CCSc2ccc(N)cc21. The summed E-state index contributed by atoms with van der Waals surface area (Å²) in [6.45, 7) is 2.97. The summed E-state index contributed by atoms with van der Waals surface area (Å²) in [5.41, 5.74) is 7.97. The second-order valence-electron chi connectivity index (χ2n) is 3.91. The molecule has 0 aliphatic carbocycles. The van der Waals surface area contributed by atoms with Crippen molar-refractivity contribution in [2.24, 2.45) is 0 Å². The lowest BCUT2D eigenvalue weighted by Crippen LogP contribution is -2.30. The number of thioether (sulfide) groups is 1. The summed E-state index contributed by atoms with van der Waals surface area (Å²) >= 11 is 1.91. The molecule has 4 heteroatoms. The molecule has 2 rings (SSSR count). The molecule has 88 valence electrons. The van der Waals surface area contributed by atoms with Gasteiger partial charge in [-0.3, -0.25) is 0 Å². The maximum Gasteiger partial charge on any atom is 0.0525 e. The van der Waals surface area contributed by atoms with Crippen LogP contribution in [0.15, 0.2) is 23.1 Å². The maximum absolute atomic E-state index is 5.84. The summed E-state index contributed by atoms with van der Waals surface area (Å²) in [5, 5.41) is 0. The monoisotopic (exact) mass is 238 g/mol. The maximum atomic E-state index is 5.84. The van der Waals surface area contributed by atoms with Crippen molar-refractivity contribution in [3.63, 3.8) is 0 Å². The van der Waals surface area contributed by atoms with Gasteiger partial charge in [0.15, 0.2) is 0 Å². The second-order valence-corrected chi connectivity index (χ2v) is 5.05. The fourth-order valence-corrected chi connectivity index (χ4v) is 2.95. The van der Waals surface area contributed by atoms with Gasteiger partial charge in [-0.2, -0.15) is 0 Å². The Balaban J connectivity index is 2.09. The molecule has 0 amide bonds. The molecule has 0 unspecified atom stereocenters. The van der Waals surface area contributed by atoms with E-state index in [1.54, 1.807) is 7.11 Å². The number of hydrogen-bond acceptors (Lipinski definition) is 4. The third kappa shape index (κ3) is 2.62. The van der Waals surface area contributed by atoms with Crippen molar-refractivity contribution in [2.75, 3.05) is 43.2 Å². The van der Waals surface area contributed by atoms with Gasteiger partial charge in [-0.25, -0.2) is 0 Å². The van der Waals surface area contributed by atoms with Gasteiger partial charge in [-0.05, 0) is 24.6 Å². The molecule has 1 aliphatic heterocycles. The van der Waals surface area contributed by atoms with Gasteiger partial charge in [-0.1, -0.05) is 0 Å². The third-order valence-electron chi connectivity index (χ3n) is 2.72. The van der Waals surface area contributed by atoms with Crippen molar-refractivity contribution >= 4 is 23.1 Å². The molecule has 1 aromatic rings. The standard InChI is InChI=1S/C12H18N2OS/c1-15-7-2-5-14-6-8-16-12-4-3-10(13)9-11(12)14/h3-4,9H,2,5-8,13H2,1H3. The minimum Gasteiger partial charge on any atom is -0.399 e. The molecule has 0 atom stereocenters. The van der Waals surface area contributed by atoms with Crippen LogP contribution in [0, 0.1) is 0 Å². The van der Waals surface area contributed by atoms with Gasteiger partial charge in [0, 0.05) is 43.1 Å². The Morgan fingerprint density at radius 1 is 1.50 bits per heavy atom. The van der Waals surface area contributed by atoms with E-state index in [9.17, 15) is 0 Å². The second kappa shape index (κ2) is 5.46. The summed E-state index contributed by atoms with van der Waals surface area (Å²) in [5.74, 6) is 1.16. The molecule has 0 spiro atoms. The molecule has 1 heterocycles. The van der Waals surface area contributed by atoms with Crippen molar-refractivity contribution in [2.45, 2.75) is 11.3 Å². The van der Waals surface area contributed by atoms with Crippen molar-refractivity contribution < 1.29 is 4.74 Å². The lowest BCUT2D eigenvalue weighted by Gasteiger charge is -2.31. The lowest BCUT2D eigenvalue weighted by molar-refractivity contribution is 0.196. The first kappa shape index (κ1) is 11.6. The zero-order valence-corrected chi connectivity index (χ0v) is 10.4. The predicted octanol–water partition coefficient (Wildman–Crippen LogP) is 2.22. The summed E-state index contributed by atoms with van der Waals surface area (Å²) in [6.07, 6.45) is 1.06. The summed E-state index contributed by atoms with van der Waals surface area (Å²) in [4.78, 5) is 3.75. The van der Waals surface area contributed by atoms with Gasteiger partial charge in [0.25, 0.3) is 0 Å². The highest BCUT2D eigenvalue weighted by Gasteiger charge is 2.16. The van der Waals surface area contributed by atoms with Crippen LogP contribution in [0.4, 0.5) is 11.4 Å². The van der Waals surface area contributed by atoms with E-state index in [2.05, 4.69) is 17.0 Å². The average molecular weight is 238 g/mol. The predicted molar refractivity (Wildman–Crippen MR) is 70.3 cm³/mol. The Morgan fingerprint density at radius 2 is 2.38 bits per heavy atom. The highest BCUT2D eigenvalue weighted by atomic mass is 32.2. The van der Waals surface area contributed by atoms with Gasteiger partial charge in [0.05, 0.1) is 5.69 Å². The smallest absolute Gasteiger partial charge is 0.0525 e. The van der Waals surface area contributed by atoms with E-state index < -0.39 is 0 Å². The largest absolute Gasteiger partial charge is 0.399 e. The molecule has 2 N–H and O–H groups in total. The first-order valence-electron chi connectivity index (χ1n) is 5.57. The highest BCUT2D eigenvalue weighted by Crippen LogP contribution is 2.35. The van der Waals surface area contributed by atoms with Crippen LogP contribution < -0.4 is 10.6 Å². The van der Waals surface area contributed by atoms with Gasteiger partial charge >= 0.3 is 0 Å². The molecule has 16 heavy (non-hydrogen) atoms. The first-order chi connectivity index (χ1) is 7.81. The number of nitrogens with zero attached hydrogens (tertiary/aromatic N) is 1. The van der Waals surface area contributed by atoms with Crippen LogP contribution in [-0.4, -0.2) is 32.6 Å². The number of nitrogen functional groups attached to an aromatic ring is 1. The number of fused-ring (bicyclic) bond motifs is 1. The minimum atomic E-state index is 0.821. The van der Waals surface area contributed by atoms with E-state index in [-0.39, 0.29) is 0 Å². The normalized spacial score (nSPS) is 14.9. The molecule has 1 aliphatic rings. The highest BCUT2D eigenvalue weighted by molar-refractivity contribution is 7.99. The quantitative estimate of drug-likeness (QED) is 0.645. The van der Waals surface area contributed by atoms with Crippen LogP contribution >= 0.6 is 11.8 Å². The number of rotatable bonds is 4. The Morgan fingerprint density at radius 3 is 3.19 bits per heavy atom. The van der Waals surface area contributed by atoms with Crippen LogP contribution in [0.5, 0.6) is 0 Å². The van der Waals surface area contributed by atoms with Gasteiger partial charge in [0.1, 0.15) is 0 Å². The Labute approximate surface area is 101 Å². The fraction of sp³-hybridized carbons (Fsp3) is 0.500. The molecule has 0 bridgehead atoms. The molecule has 0 saturated carbocycles. The molecular formula is C12H18N2OS. The summed E-state index contributed by atoms with van der Waals surface area (Å²) in [7, 11) is 1.75. The molecule has 1 aromatic carbocycles. The number of hydrogen-bond donors (Lipinski definition) is 1. The molecule has 0 aromatic heterocycles. The third-order valence-corrected chi connectivity index (χ3v) is 3.76. The first-order valence-corrected chi connectivity index (χ1v) is 6.56. The van der Waals surface area contributed by atoms with E-state index in [1.165, 1.54) is 10.6 Å². The van der Waals surface area contributed by atoms with Crippen molar-refractivity contribution in [1.29, 1.82) is 0 Å². The molecule has 0 radical (unpaired) electrons. The zero-order chi connectivity index (χ0) is 11.4. The van der Waals surface area contributed by atoms with E-state index in [0.29, 0.717) is 0 Å². The average Bonchev–Trinajstić information content (AvgIpc) is 2.30. The lowest BCUT2D eigenvalue weighted by atomic mass is 10.2. The topological polar surface area (TPSA) is 38.5 Å². The van der Waals surface area contributed by atoms with Gasteiger partial charge < -0.3 is 15.4 Å². The van der Waals surface area contributed by atoms with Crippen LogP contribution in [0.1, 0.15) is 6.42 Å². The summed E-state index contributed by atoms with van der Waals surface area (Å²) in [6, 6.07) is 6.18. The number of nitrogens with two attached hydrogens (primary N) is 1. The Bertz CT molecular complexity index is 357. The van der Waals surface area contributed by atoms with Crippen LogP contribution in [0.3, 0.4) is 0 Å². The number of ether oxygens (including phenoxy) is 1. The molecule has 0 saturated heterocycles. The minimum absolute atomic E-state index is 0.821.